The molecular formula is C17H21ClN2OS. The van der Waals surface area contributed by atoms with E-state index >= 15 is 0 Å². The molecule has 1 aromatic rings. The topological polar surface area (TPSA) is 52.9 Å². The van der Waals surface area contributed by atoms with Gasteiger partial charge in [-0.15, -0.1) is 11.8 Å². The van der Waals surface area contributed by atoms with Gasteiger partial charge < -0.3 is 5.32 Å². The van der Waals surface area contributed by atoms with E-state index in [1.165, 1.54) is 0 Å². The van der Waals surface area contributed by atoms with E-state index in [4.69, 9.17) is 11.6 Å². The van der Waals surface area contributed by atoms with E-state index in [1.54, 1.807) is 11.8 Å². The number of amides is 1. The van der Waals surface area contributed by atoms with Crippen molar-refractivity contribution in [3.63, 3.8) is 0 Å². The Hall–Kier alpha value is -1.18. The number of carbonyl (C=O) groups is 1. The van der Waals surface area contributed by atoms with Gasteiger partial charge in [-0.25, -0.2) is 0 Å². The number of carbonyl (C=O) groups excluding carboxylic acids is 1. The Morgan fingerprint density at radius 3 is 2.59 bits per heavy atom. The summed E-state index contributed by atoms with van der Waals surface area (Å²) in [7, 11) is 0. The summed E-state index contributed by atoms with van der Waals surface area (Å²) in [4.78, 5) is 12.3. The highest BCUT2D eigenvalue weighted by Gasteiger charge is 2.34. The molecule has 1 N–H and O–H groups in total. The van der Waals surface area contributed by atoms with Crippen LogP contribution < -0.4 is 5.32 Å². The Morgan fingerprint density at radius 2 is 2.00 bits per heavy atom. The maximum atomic E-state index is 12.3. The SMILES string of the molecule is C[C@H](SCc1ccc(Cl)cc1)C(=O)NC1(C#N)CCCCC1. The van der Waals surface area contributed by atoms with Crippen LogP contribution in [-0.4, -0.2) is 16.7 Å². The van der Waals surface area contributed by atoms with Gasteiger partial charge in [-0.05, 0) is 37.5 Å². The van der Waals surface area contributed by atoms with Gasteiger partial charge in [0.05, 0.1) is 11.3 Å². The minimum absolute atomic E-state index is 0.0394. The van der Waals surface area contributed by atoms with Crippen LogP contribution in [0.15, 0.2) is 24.3 Å². The van der Waals surface area contributed by atoms with Crippen LogP contribution in [0.1, 0.15) is 44.6 Å². The fraction of sp³-hybridized carbons (Fsp3) is 0.529. The lowest BCUT2D eigenvalue weighted by Crippen LogP contribution is -2.50. The summed E-state index contributed by atoms with van der Waals surface area (Å²) < 4.78 is 0. The summed E-state index contributed by atoms with van der Waals surface area (Å²) in [5, 5.41) is 12.9. The minimum Gasteiger partial charge on any atom is -0.337 e. The normalized spacial score (nSPS) is 18.2. The van der Waals surface area contributed by atoms with Gasteiger partial charge in [-0.2, -0.15) is 5.26 Å². The molecule has 0 spiro atoms. The van der Waals surface area contributed by atoms with Crippen molar-refractivity contribution in [1.82, 2.24) is 5.32 Å². The zero-order valence-electron chi connectivity index (χ0n) is 12.8. The van der Waals surface area contributed by atoms with E-state index in [0.717, 1.165) is 43.4 Å². The standard InChI is InChI=1S/C17H21ClN2OS/c1-13(22-11-14-5-7-15(18)8-6-14)16(21)20-17(12-19)9-3-2-4-10-17/h5-8,13H,2-4,9-11H2,1H3,(H,20,21)/t13-/m0/s1. The largest absolute Gasteiger partial charge is 0.337 e. The third-order valence-corrected chi connectivity index (χ3v) is 5.53. The van der Waals surface area contributed by atoms with Gasteiger partial charge in [0.2, 0.25) is 5.91 Å². The quantitative estimate of drug-likeness (QED) is 0.871. The average molecular weight is 337 g/mol. The summed E-state index contributed by atoms with van der Waals surface area (Å²) in [5.74, 6) is 0.716. The van der Waals surface area contributed by atoms with E-state index in [2.05, 4.69) is 11.4 Å². The van der Waals surface area contributed by atoms with Crippen molar-refractivity contribution in [1.29, 1.82) is 5.26 Å². The fourth-order valence-corrected chi connectivity index (χ4v) is 3.61. The number of rotatable bonds is 5. The monoisotopic (exact) mass is 336 g/mol. The van der Waals surface area contributed by atoms with Crippen LogP contribution in [-0.2, 0) is 10.5 Å². The third-order valence-electron chi connectivity index (χ3n) is 4.07. The summed E-state index contributed by atoms with van der Waals surface area (Å²) >= 11 is 7.44. The van der Waals surface area contributed by atoms with Crippen LogP contribution >= 0.6 is 23.4 Å². The molecule has 1 amide bonds. The van der Waals surface area contributed by atoms with Crippen LogP contribution in [0.25, 0.3) is 0 Å². The van der Waals surface area contributed by atoms with E-state index < -0.39 is 5.54 Å². The molecule has 1 aliphatic carbocycles. The molecule has 3 nitrogen and oxygen atoms in total. The Morgan fingerprint density at radius 1 is 1.36 bits per heavy atom. The number of nitrogens with zero attached hydrogens (tertiary/aromatic N) is 1. The molecule has 0 aromatic heterocycles. The second kappa shape index (κ2) is 7.89. The highest BCUT2D eigenvalue weighted by molar-refractivity contribution is 7.99. The molecule has 118 valence electrons. The Bertz CT molecular complexity index is 547. The summed E-state index contributed by atoms with van der Waals surface area (Å²) in [5.41, 5.74) is 0.492. The molecular weight excluding hydrogens is 316 g/mol. The molecule has 5 heteroatoms. The van der Waals surface area contributed by atoms with Gasteiger partial charge in [0.25, 0.3) is 0 Å². The molecule has 0 radical (unpaired) electrons. The maximum Gasteiger partial charge on any atom is 0.234 e. The van der Waals surface area contributed by atoms with Gasteiger partial charge in [0, 0.05) is 10.8 Å². The van der Waals surface area contributed by atoms with Crippen LogP contribution in [0.3, 0.4) is 0 Å². The molecule has 1 atom stereocenters. The summed E-state index contributed by atoms with van der Waals surface area (Å²) in [6.45, 7) is 1.89. The second-order valence-electron chi connectivity index (χ2n) is 5.82. The first-order chi connectivity index (χ1) is 10.5. The predicted octanol–water partition coefficient (Wildman–Crippen LogP) is 4.30. The van der Waals surface area contributed by atoms with E-state index in [9.17, 15) is 10.1 Å². The number of nitriles is 1. The Labute approximate surface area is 141 Å². The van der Waals surface area contributed by atoms with Crippen LogP contribution in [0.4, 0.5) is 0 Å². The molecule has 1 saturated carbocycles. The number of hydrogen-bond acceptors (Lipinski definition) is 3. The van der Waals surface area contributed by atoms with E-state index in [0.29, 0.717) is 5.02 Å². The van der Waals surface area contributed by atoms with Crippen molar-refractivity contribution in [2.75, 3.05) is 0 Å². The van der Waals surface area contributed by atoms with Crippen molar-refractivity contribution in [2.24, 2.45) is 0 Å². The highest BCUT2D eigenvalue weighted by atomic mass is 35.5. The molecule has 0 heterocycles. The van der Waals surface area contributed by atoms with Gasteiger partial charge >= 0.3 is 0 Å². The fourth-order valence-electron chi connectivity index (χ4n) is 2.64. The minimum atomic E-state index is -0.648. The van der Waals surface area contributed by atoms with Crippen LogP contribution in [0, 0.1) is 11.3 Å². The molecule has 1 aliphatic rings. The number of hydrogen-bond donors (Lipinski definition) is 1. The molecule has 1 fully saturated rings. The Balaban J connectivity index is 1.86. The van der Waals surface area contributed by atoms with Crippen molar-refractivity contribution in [3.05, 3.63) is 34.9 Å². The summed E-state index contributed by atoms with van der Waals surface area (Å²) in [6.07, 6.45) is 4.72. The lowest BCUT2D eigenvalue weighted by Gasteiger charge is -2.32. The van der Waals surface area contributed by atoms with Gasteiger partial charge in [-0.1, -0.05) is 43.0 Å². The third kappa shape index (κ3) is 4.66. The molecule has 2 rings (SSSR count). The first kappa shape index (κ1) is 17.2. The zero-order chi connectivity index (χ0) is 16.0. The van der Waals surface area contributed by atoms with E-state index in [1.807, 2.05) is 31.2 Å². The number of thioether (sulfide) groups is 1. The van der Waals surface area contributed by atoms with Gasteiger partial charge in [0.15, 0.2) is 0 Å². The van der Waals surface area contributed by atoms with Crippen LogP contribution in [0.2, 0.25) is 5.02 Å². The zero-order valence-corrected chi connectivity index (χ0v) is 14.3. The average Bonchev–Trinajstić information content (AvgIpc) is 2.55. The molecule has 0 unspecified atom stereocenters. The lowest BCUT2D eigenvalue weighted by atomic mass is 9.83. The predicted molar refractivity (Wildman–Crippen MR) is 91.8 cm³/mol. The van der Waals surface area contributed by atoms with E-state index in [-0.39, 0.29) is 11.2 Å². The maximum absolute atomic E-state index is 12.3. The van der Waals surface area contributed by atoms with Gasteiger partial charge in [-0.3, -0.25) is 4.79 Å². The van der Waals surface area contributed by atoms with Crippen molar-refractivity contribution in [3.8, 4) is 6.07 Å². The lowest BCUT2D eigenvalue weighted by molar-refractivity contribution is -0.121. The van der Waals surface area contributed by atoms with Crippen LogP contribution in [0.5, 0.6) is 0 Å². The van der Waals surface area contributed by atoms with Gasteiger partial charge in [0.1, 0.15) is 5.54 Å². The first-order valence-corrected chi connectivity index (χ1v) is 9.07. The molecule has 0 saturated heterocycles. The number of halogens is 1. The molecule has 0 aliphatic heterocycles. The highest BCUT2D eigenvalue weighted by Crippen LogP contribution is 2.28. The summed E-state index contributed by atoms with van der Waals surface area (Å²) in [6, 6.07) is 9.98. The number of benzene rings is 1. The molecule has 1 aromatic carbocycles. The smallest absolute Gasteiger partial charge is 0.234 e. The second-order valence-corrected chi connectivity index (χ2v) is 7.59. The Kier molecular flexibility index (Phi) is 6.16. The van der Waals surface area contributed by atoms with Crippen molar-refractivity contribution >= 4 is 29.3 Å². The molecule has 0 bridgehead atoms. The first-order valence-electron chi connectivity index (χ1n) is 7.64. The molecule has 22 heavy (non-hydrogen) atoms. The van der Waals surface area contributed by atoms with Crippen molar-refractivity contribution < 1.29 is 4.79 Å². The van der Waals surface area contributed by atoms with Crippen molar-refractivity contribution in [2.45, 2.75) is 55.6 Å². The number of nitrogens with one attached hydrogen (secondary N) is 1.